The molecule has 2 amide bonds. The molecule has 0 spiro atoms. The number of hydroxylamine groups is 2. The van der Waals surface area contributed by atoms with Crippen LogP contribution in [0.15, 0.2) is 72.8 Å². The van der Waals surface area contributed by atoms with Crippen LogP contribution in [-0.4, -0.2) is 58.5 Å². The lowest BCUT2D eigenvalue weighted by Gasteiger charge is -2.42. The number of rotatable bonds is 8. The normalized spacial score (nSPS) is 16.7. The molecule has 1 N–H and O–H groups in total. The molecule has 39 heavy (non-hydrogen) atoms. The van der Waals surface area contributed by atoms with E-state index in [0.29, 0.717) is 28.3 Å². The lowest BCUT2D eigenvalue weighted by atomic mass is 9.98. The zero-order valence-corrected chi connectivity index (χ0v) is 23.0. The zero-order valence-electron chi connectivity index (χ0n) is 22.3. The number of halogens is 2. The van der Waals surface area contributed by atoms with E-state index in [4.69, 9.17) is 16.3 Å². The molecule has 206 valence electrons. The summed E-state index contributed by atoms with van der Waals surface area (Å²) in [6.45, 7) is 6.63. The Kier molecular flexibility index (Phi) is 9.22. The van der Waals surface area contributed by atoms with Crippen LogP contribution in [-0.2, 0) is 9.59 Å². The molecule has 9 heteroatoms. The van der Waals surface area contributed by atoms with Crippen LogP contribution in [0.1, 0.15) is 31.0 Å². The number of piperazine rings is 1. The molecule has 1 saturated heterocycles. The number of para-hydroxylation sites is 1. The van der Waals surface area contributed by atoms with E-state index in [2.05, 4.69) is 0 Å². The minimum absolute atomic E-state index is 0.0925. The number of nitrogens with zero attached hydrogens (tertiary/aromatic N) is 3. The Morgan fingerprint density at radius 2 is 1.74 bits per heavy atom. The number of carbonyl (C=O) groups excluding carboxylic acids is 2. The van der Waals surface area contributed by atoms with Crippen LogP contribution in [0.2, 0.25) is 0 Å². The first-order valence-corrected chi connectivity index (χ1v) is 13.4. The molecule has 7 nitrogen and oxygen atoms in total. The molecule has 1 aliphatic rings. The van der Waals surface area contributed by atoms with Gasteiger partial charge >= 0.3 is 0 Å². The molecular weight excluding hydrogens is 521 g/mol. The van der Waals surface area contributed by atoms with Gasteiger partial charge in [-0.3, -0.25) is 14.5 Å². The Morgan fingerprint density at radius 1 is 1.05 bits per heavy atom. The quantitative estimate of drug-likeness (QED) is 0.357. The van der Waals surface area contributed by atoms with Crippen molar-refractivity contribution in [1.82, 2.24) is 9.96 Å². The summed E-state index contributed by atoms with van der Waals surface area (Å²) in [6.07, 6.45) is 0. The topological polar surface area (TPSA) is 73.3 Å². The van der Waals surface area contributed by atoms with E-state index in [9.17, 15) is 19.2 Å². The maximum Gasteiger partial charge on any atom is 0.250 e. The van der Waals surface area contributed by atoms with Crippen molar-refractivity contribution < 1.29 is 23.9 Å². The number of hydrogen-bond acceptors (Lipinski definition) is 5. The maximum absolute atomic E-state index is 14.2. The van der Waals surface area contributed by atoms with Gasteiger partial charge in [0.15, 0.2) is 0 Å². The van der Waals surface area contributed by atoms with E-state index in [1.807, 2.05) is 51.1 Å². The van der Waals surface area contributed by atoms with Crippen LogP contribution in [0.3, 0.4) is 0 Å². The number of amides is 2. The van der Waals surface area contributed by atoms with Gasteiger partial charge in [0.2, 0.25) is 5.91 Å². The Morgan fingerprint density at radius 3 is 2.36 bits per heavy atom. The molecule has 2 atom stereocenters. The highest BCUT2D eigenvalue weighted by molar-refractivity contribution is 6.30. The van der Waals surface area contributed by atoms with Crippen molar-refractivity contribution in [3.8, 4) is 11.5 Å². The third-order valence-corrected chi connectivity index (χ3v) is 7.17. The summed E-state index contributed by atoms with van der Waals surface area (Å²) in [5.41, 5.74) is 1.64. The summed E-state index contributed by atoms with van der Waals surface area (Å²) < 4.78 is 19.8. The molecule has 0 radical (unpaired) electrons. The van der Waals surface area contributed by atoms with Crippen LogP contribution in [0.25, 0.3) is 0 Å². The molecule has 1 fully saturated rings. The van der Waals surface area contributed by atoms with Gasteiger partial charge in [-0.15, -0.1) is 11.6 Å². The molecule has 0 bridgehead atoms. The fourth-order valence-corrected chi connectivity index (χ4v) is 4.97. The first-order valence-electron chi connectivity index (χ1n) is 12.9. The Bertz CT molecular complexity index is 1290. The largest absolute Gasteiger partial charge is 0.457 e. The Labute approximate surface area is 233 Å². The van der Waals surface area contributed by atoms with E-state index < -0.39 is 17.8 Å². The number of alkyl halides is 1. The summed E-state index contributed by atoms with van der Waals surface area (Å²) in [4.78, 5) is 30.6. The maximum atomic E-state index is 14.2. The highest BCUT2D eigenvalue weighted by Crippen LogP contribution is 2.35. The van der Waals surface area contributed by atoms with E-state index in [1.54, 1.807) is 23.1 Å². The van der Waals surface area contributed by atoms with Crippen LogP contribution in [0, 0.1) is 18.7 Å². The number of hydrogen-bond donors (Lipinski definition) is 1. The average molecular weight is 554 g/mol. The van der Waals surface area contributed by atoms with Crippen molar-refractivity contribution in [2.45, 2.75) is 32.9 Å². The predicted molar refractivity (Wildman–Crippen MR) is 149 cm³/mol. The van der Waals surface area contributed by atoms with E-state index in [-0.39, 0.29) is 43.4 Å². The Hall–Kier alpha value is -3.46. The number of benzene rings is 3. The third-order valence-electron chi connectivity index (χ3n) is 6.94. The van der Waals surface area contributed by atoms with Gasteiger partial charge in [-0.2, -0.15) is 5.06 Å². The van der Waals surface area contributed by atoms with E-state index >= 15 is 0 Å². The van der Waals surface area contributed by atoms with Crippen LogP contribution in [0.4, 0.5) is 10.1 Å². The number of anilines is 1. The molecule has 4 rings (SSSR count). The van der Waals surface area contributed by atoms with Crippen molar-refractivity contribution >= 4 is 29.1 Å². The van der Waals surface area contributed by atoms with Gasteiger partial charge in [0.1, 0.15) is 29.2 Å². The molecule has 1 heterocycles. The summed E-state index contributed by atoms with van der Waals surface area (Å²) in [5, 5.41) is 11.6. The fraction of sp³-hybridized carbons (Fsp3) is 0.333. The van der Waals surface area contributed by atoms with Crippen LogP contribution >= 0.6 is 11.6 Å². The molecule has 0 aromatic heterocycles. The van der Waals surface area contributed by atoms with Gasteiger partial charge in [-0.05, 0) is 66.4 Å². The molecule has 0 aliphatic carbocycles. The summed E-state index contributed by atoms with van der Waals surface area (Å²) in [6, 6.07) is 18.8. The van der Waals surface area contributed by atoms with Crippen LogP contribution in [0.5, 0.6) is 11.5 Å². The van der Waals surface area contributed by atoms with Crippen LogP contribution < -0.4 is 9.64 Å². The van der Waals surface area contributed by atoms with E-state index in [1.165, 1.54) is 34.2 Å². The lowest BCUT2D eigenvalue weighted by molar-refractivity contribution is -0.174. The van der Waals surface area contributed by atoms with Crippen molar-refractivity contribution in [2.75, 3.05) is 30.4 Å². The predicted octanol–water partition coefficient (Wildman–Crippen LogP) is 5.80. The van der Waals surface area contributed by atoms with Gasteiger partial charge in [0.25, 0.3) is 5.91 Å². The average Bonchev–Trinajstić information content (AvgIpc) is 2.93. The first kappa shape index (κ1) is 28.5. The molecule has 0 saturated carbocycles. The lowest BCUT2D eigenvalue weighted by Crippen LogP contribution is -2.57. The molecule has 3 aromatic carbocycles. The van der Waals surface area contributed by atoms with Gasteiger partial charge in [0.05, 0.1) is 6.04 Å². The van der Waals surface area contributed by atoms with Gasteiger partial charge in [-0.1, -0.05) is 44.2 Å². The standard InChI is InChI=1S/C30H33ClFN3O4/c1-20(2)27-19-33(15-16-34(27)38)30(37)29(22-9-11-23(32)12-10-22)35(28(36)18-31)26-14-13-25(17-21(26)3)39-24-7-5-4-6-8-24/h4-14,17,20,27,29,38H,15-16,18-19H2,1-3H3/t27-,29+/m0/s1. The van der Waals surface area contributed by atoms with Crippen molar-refractivity contribution in [2.24, 2.45) is 5.92 Å². The van der Waals surface area contributed by atoms with Gasteiger partial charge in [0, 0.05) is 25.3 Å². The second-order valence-corrected chi connectivity index (χ2v) is 10.2. The highest BCUT2D eigenvalue weighted by Gasteiger charge is 2.39. The summed E-state index contributed by atoms with van der Waals surface area (Å²) >= 11 is 6.08. The fourth-order valence-electron chi connectivity index (χ4n) is 4.84. The second kappa shape index (κ2) is 12.6. The molecular formula is C30H33ClFN3O4. The Balaban J connectivity index is 1.75. The van der Waals surface area contributed by atoms with Gasteiger partial charge in [-0.25, -0.2) is 4.39 Å². The summed E-state index contributed by atoms with van der Waals surface area (Å²) in [7, 11) is 0. The number of ether oxygens (including phenoxy) is 1. The minimum atomic E-state index is -1.09. The molecule has 0 unspecified atom stereocenters. The van der Waals surface area contributed by atoms with Crippen molar-refractivity contribution in [1.29, 1.82) is 0 Å². The third kappa shape index (κ3) is 6.58. The summed E-state index contributed by atoms with van der Waals surface area (Å²) in [5.74, 6) is -0.276. The zero-order chi connectivity index (χ0) is 28.1. The molecule has 3 aromatic rings. The van der Waals surface area contributed by atoms with Crippen molar-refractivity contribution in [3.63, 3.8) is 0 Å². The van der Waals surface area contributed by atoms with Gasteiger partial charge < -0.3 is 14.8 Å². The van der Waals surface area contributed by atoms with E-state index in [0.717, 1.165) is 0 Å². The number of aryl methyl sites for hydroxylation is 1. The minimum Gasteiger partial charge on any atom is -0.457 e. The monoisotopic (exact) mass is 553 g/mol. The van der Waals surface area contributed by atoms with Crippen molar-refractivity contribution in [3.05, 3.63) is 89.7 Å². The smallest absolute Gasteiger partial charge is 0.250 e. The first-order chi connectivity index (χ1) is 18.7. The number of carbonyl (C=O) groups is 2. The SMILES string of the molecule is Cc1cc(Oc2ccccc2)ccc1N(C(=O)CCl)[C@@H](C(=O)N1CCN(O)[C@H](C(C)C)C1)c1ccc(F)cc1. The molecule has 1 aliphatic heterocycles. The second-order valence-electron chi connectivity index (χ2n) is 9.97. The highest BCUT2D eigenvalue weighted by atomic mass is 35.5.